The van der Waals surface area contributed by atoms with Crippen molar-refractivity contribution in [2.24, 2.45) is 5.41 Å². The molecule has 1 fully saturated rings. The van der Waals surface area contributed by atoms with Crippen molar-refractivity contribution in [3.8, 4) is 6.07 Å². The molecule has 2 rings (SSSR count). The summed E-state index contributed by atoms with van der Waals surface area (Å²) in [6, 6.07) is 4.83. The fraction of sp³-hybridized carbons (Fsp3) is 0.385. The van der Waals surface area contributed by atoms with Crippen LogP contribution in [0.3, 0.4) is 0 Å². The monoisotopic (exact) mass is 250 g/mol. The third-order valence-corrected chi connectivity index (χ3v) is 3.28. The van der Waals surface area contributed by atoms with E-state index in [9.17, 15) is 13.6 Å². The Hall–Kier alpha value is -1.96. The number of rotatable bonds is 2. The minimum absolute atomic E-state index is 0.221. The lowest BCUT2D eigenvalue weighted by Gasteiger charge is -2.19. The van der Waals surface area contributed by atoms with Gasteiger partial charge in [-0.1, -0.05) is 12.8 Å². The Balaban J connectivity index is 2.21. The summed E-state index contributed by atoms with van der Waals surface area (Å²) in [6.07, 6.45) is 2.53. The Bertz CT molecular complexity index is 516. The van der Waals surface area contributed by atoms with E-state index in [2.05, 4.69) is 5.32 Å². The van der Waals surface area contributed by atoms with Crippen molar-refractivity contribution in [2.45, 2.75) is 25.7 Å². The molecule has 1 aromatic rings. The van der Waals surface area contributed by atoms with E-state index in [1.54, 1.807) is 0 Å². The van der Waals surface area contributed by atoms with Crippen LogP contribution in [0.1, 0.15) is 25.7 Å². The first kappa shape index (κ1) is 12.5. The zero-order chi connectivity index (χ0) is 13.2. The molecule has 3 nitrogen and oxygen atoms in total. The lowest BCUT2D eigenvalue weighted by atomic mass is 9.87. The number of nitriles is 1. The van der Waals surface area contributed by atoms with Gasteiger partial charge in [0.2, 0.25) is 5.91 Å². The Morgan fingerprint density at radius 3 is 2.61 bits per heavy atom. The van der Waals surface area contributed by atoms with Gasteiger partial charge in [-0.25, -0.2) is 8.78 Å². The van der Waals surface area contributed by atoms with Crippen molar-refractivity contribution in [1.29, 1.82) is 5.26 Å². The number of hydrogen-bond donors (Lipinski definition) is 1. The molecule has 0 radical (unpaired) electrons. The zero-order valence-electron chi connectivity index (χ0n) is 9.67. The van der Waals surface area contributed by atoms with Gasteiger partial charge < -0.3 is 5.32 Å². The van der Waals surface area contributed by atoms with E-state index in [1.165, 1.54) is 0 Å². The number of nitrogens with one attached hydrogen (secondary N) is 1. The molecule has 0 aromatic heterocycles. The number of anilines is 1. The van der Waals surface area contributed by atoms with Gasteiger partial charge in [0.15, 0.2) is 0 Å². The Labute approximate surface area is 103 Å². The molecule has 0 saturated heterocycles. The topological polar surface area (TPSA) is 52.9 Å². The van der Waals surface area contributed by atoms with Gasteiger partial charge in [-0.15, -0.1) is 0 Å². The smallest absolute Gasteiger partial charge is 0.244 e. The third kappa shape index (κ3) is 2.19. The van der Waals surface area contributed by atoms with Crippen LogP contribution in [0.5, 0.6) is 0 Å². The average molecular weight is 250 g/mol. The summed E-state index contributed by atoms with van der Waals surface area (Å²) < 4.78 is 26.4. The number of halogens is 2. The number of nitrogens with zero attached hydrogens (tertiary/aromatic N) is 1. The average Bonchev–Trinajstić information content (AvgIpc) is 2.84. The third-order valence-electron chi connectivity index (χ3n) is 3.28. The van der Waals surface area contributed by atoms with Crippen LogP contribution in [-0.2, 0) is 4.79 Å². The van der Waals surface area contributed by atoms with Crippen LogP contribution in [0, 0.1) is 28.4 Å². The van der Waals surface area contributed by atoms with E-state index in [4.69, 9.17) is 5.26 Å². The molecular weight excluding hydrogens is 238 g/mol. The Kier molecular flexibility index (Phi) is 3.28. The zero-order valence-corrected chi connectivity index (χ0v) is 9.67. The summed E-state index contributed by atoms with van der Waals surface area (Å²) in [6.45, 7) is 0. The SMILES string of the molecule is N#CC1(C(=O)Nc2cc(F)ccc2F)CCCC1. The Morgan fingerprint density at radius 1 is 1.33 bits per heavy atom. The van der Waals surface area contributed by atoms with Crippen molar-refractivity contribution in [3.63, 3.8) is 0 Å². The van der Waals surface area contributed by atoms with Crippen molar-refractivity contribution in [1.82, 2.24) is 0 Å². The first-order chi connectivity index (χ1) is 8.57. The van der Waals surface area contributed by atoms with E-state index >= 15 is 0 Å². The maximum atomic E-state index is 13.4. The fourth-order valence-electron chi connectivity index (χ4n) is 2.20. The number of hydrogen-bond acceptors (Lipinski definition) is 2. The molecule has 0 atom stereocenters. The predicted molar refractivity (Wildman–Crippen MR) is 61.5 cm³/mol. The van der Waals surface area contributed by atoms with Crippen LogP contribution in [0.2, 0.25) is 0 Å². The van der Waals surface area contributed by atoms with Crippen LogP contribution in [0.15, 0.2) is 18.2 Å². The van der Waals surface area contributed by atoms with Crippen LogP contribution >= 0.6 is 0 Å². The molecule has 94 valence electrons. The van der Waals surface area contributed by atoms with Crippen LogP contribution in [-0.4, -0.2) is 5.91 Å². The lowest BCUT2D eigenvalue weighted by Crippen LogP contribution is -2.32. The molecule has 1 aliphatic carbocycles. The van der Waals surface area contributed by atoms with Crippen molar-refractivity contribution < 1.29 is 13.6 Å². The first-order valence-corrected chi connectivity index (χ1v) is 5.75. The van der Waals surface area contributed by atoms with Gasteiger partial charge in [-0.2, -0.15) is 5.26 Å². The molecule has 0 heterocycles. The molecule has 1 N–H and O–H groups in total. The summed E-state index contributed by atoms with van der Waals surface area (Å²) in [5.41, 5.74) is -1.32. The standard InChI is InChI=1S/C13H12F2N2O/c14-9-3-4-10(15)11(7-9)17-12(18)13(8-16)5-1-2-6-13/h3-4,7H,1-2,5-6H2,(H,17,18). The Morgan fingerprint density at radius 2 is 2.00 bits per heavy atom. The van der Waals surface area contributed by atoms with Crippen LogP contribution < -0.4 is 5.32 Å². The highest BCUT2D eigenvalue weighted by Gasteiger charge is 2.41. The molecule has 5 heteroatoms. The normalized spacial score (nSPS) is 17.2. The number of amides is 1. The molecule has 1 amide bonds. The second-order valence-electron chi connectivity index (χ2n) is 4.48. The van der Waals surface area contributed by atoms with Gasteiger partial charge in [0, 0.05) is 6.07 Å². The molecule has 0 bridgehead atoms. The predicted octanol–water partition coefficient (Wildman–Crippen LogP) is 2.99. The van der Waals surface area contributed by atoms with Crippen molar-refractivity contribution in [3.05, 3.63) is 29.8 Å². The van der Waals surface area contributed by atoms with Gasteiger partial charge in [-0.05, 0) is 25.0 Å². The van der Waals surface area contributed by atoms with Gasteiger partial charge in [0.25, 0.3) is 0 Å². The minimum Gasteiger partial charge on any atom is -0.322 e. The van der Waals surface area contributed by atoms with Gasteiger partial charge >= 0.3 is 0 Å². The molecule has 0 aliphatic heterocycles. The molecule has 1 aliphatic rings. The van der Waals surface area contributed by atoms with E-state index < -0.39 is 23.0 Å². The first-order valence-electron chi connectivity index (χ1n) is 5.75. The molecular formula is C13H12F2N2O. The summed E-state index contributed by atoms with van der Waals surface area (Å²) in [5.74, 6) is -1.90. The second kappa shape index (κ2) is 4.73. The highest BCUT2D eigenvalue weighted by Crippen LogP contribution is 2.38. The van der Waals surface area contributed by atoms with Gasteiger partial charge in [-0.3, -0.25) is 4.79 Å². The number of benzene rings is 1. The lowest BCUT2D eigenvalue weighted by molar-refractivity contribution is -0.122. The van der Waals surface area contributed by atoms with Gasteiger partial charge in [0.05, 0.1) is 11.8 Å². The highest BCUT2D eigenvalue weighted by atomic mass is 19.1. The molecule has 0 spiro atoms. The van der Waals surface area contributed by atoms with Crippen LogP contribution in [0.25, 0.3) is 0 Å². The number of carbonyl (C=O) groups excluding carboxylic acids is 1. The van der Waals surface area contributed by atoms with E-state index in [0.717, 1.165) is 31.0 Å². The minimum atomic E-state index is -1.10. The maximum Gasteiger partial charge on any atom is 0.244 e. The van der Waals surface area contributed by atoms with Crippen LogP contribution in [0.4, 0.5) is 14.5 Å². The highest BCUT2D eigenvalue weighted by molar-refractivity contribution is 5.97. The van der Waals surface area contributed by atoms with Crippen molar-refractivity contribution >= 4 is 11.6 Å². The summed E-state index contributed by atoms with van der Waals surface area (Å²) in [7, 11) is 0. The summed E-state index contributed by atoms with van der Waals surface area (Å²) >= 11 is 0. The van der Waals surface area contributed by atoms with Gasteiger partial charge in [0.1, 0.15) is 17.0 Å². The van der Waals surface area contributed by atoms with E-state index in [1.807, 2.05) is 6.07 Å². The second-order valence-corrected chi connectivity index (χ2v) is 4.48. The fourth-order valence-corrected chi connectivity index (χ4v) is 2.20. The maximum absolute atomic E-state index is 13.4. The quantitative estimate of drug-likeness (QED) is 0.877. The summed E-state index contributed by atoms with van der Waals surface area (Å²) in [4.78, 5) is 12.0. The molecule has 1 aromatic carbocycles. The molecule has 0 unspecified atom stereocenters. The van der Waals surface area contributed by atoms with E-state index in [-0.39, 0.29) is 5.69 Å². The molecule has 18 heavy (non-hydrogen) atoms. The molecule has 1 saturated carbocycles. The van der Waals surface area contributed by atoms with E-state index in [0.29, 0.717) is 12.8 Å². The largest absolute Gasteiger partial charge is 0.322 e. The number of carbonyl (C=O) groups is 1. The van der Waals surface area contributed by atoms with Crippen molar-refractivity contribution in [2.75, 3.05) is 5.32 Å². The summed E-state index contributed by atoms with van der Waals surface area (Å²) in [5, 5.41) is 11.4.